The number of aromatic nitrogens is 2. The lowest BCUT2D eigenvalue weighted by atomic mass is 10.2. The molecule has 0 atom stereocenters. The lowest BCUT2D eigenvalue weighted by Gasteiger charge is -2.09. The number of rotatable bonds is 3. The van der Waals surface area contributed by atoms with Crippen molar-refractivity contribution >= 4 is 22.5 Å². The number of ether oxygens (including phenoxy) is 1. The molecule has 0 radical (unpaired) electrons. The van der Waals surface area contributed by atoms with Crippen molar-refractivity contribution in [3.8, 4) is 11.6 Å². The summed E-state index contributed by atoms with van der Waals surface area (Å²) in [6, 6.07) is 14.3. The molecule has 22 heavy (non-hydrogen) atoms. The molecule has 3 rings (SSSR count). The quantitative estimate of drug-likeness (QED) is 0.724. The van der Waals surface area contributed by atoms with Gasteiger partial charge < -0.3 is 15.8 Å². The molecule has 0 aliphatic rings. The molecule has 0 spiro atoms. The van der Waals surface area contributed by atoms with Crippen LogP contribution in [0.25, 0.3) is 10.9 Å². The first-order valence-corrected chi connectivity index (χ1v) is 6.69. The van der Waals surface area contributed by atoms with Crippen LogP contribution in [0.2, 0.25) is 0 Å². The molecule has 1 heterocycles. The molecule has 1 amide bonds. The number of carbonyl (C=O) groups excluding carboxylic acids is 1. The zero-order chi connectivity index (χ0) is 15.5. The number of nitrogens with two attached hydrogens (primary N) is 1. The smallest absolute Gasteiger partial charge is 0.288 e. The van der Waals surface area contributed by atoms with Gasteiger partial charge in [0.1, 0.15) is 5.75 Å². The van der Waals surface area contributed by atoms with Crippen LogP contribution in [0.1, 0.15) is 10.6 Å². The Hall–Kier alpha value is -3.15. The molecule has 0 saturated carbocycles. The van der Waals surface area contributed by atoms with Crippen molar-refractivity contribution in [1.29, 1.82) is 0 Å². The predicted octanol–water partition coefficient (Wildman–Crippen LogP) is 2.36. The van der Waals surface area contributed by atoms with E-state index < -0.39 is 0 Å². The number of hydrogen-bond acceptors (Lipinski definition) is 5. The SMILES string of the molecule is CNC(=O)c1nc(Oc2ccc(N)cc2)c2ccccc2n1. The fourth-order valence-corrected chi connectivity index (χ4v) is 1.99. The minimum atomic E-state index is -0.368. The summed E-state index contributed by atoms with van der Waals surface area (Å²) in [6.07, 6.45) is 0. The van der Waals surface area contributed by atoms with Crippen molar-refractivity contribution in [2.75, 3.05) is 12.8 Å². The van der Waals surface area contributed by atoms with Crippen molar-refractivity contribution in [1.82, 2.24) is 15.3 Å². The molecule has 2 aromatic carbocycles. The van der Waals surface area contributed by atoms with Gasteiger partial charge in [0.05, 0.1) is 10.9 Å². The first-order chi connectivity index (χ1) is 10.7. The van der Waals surface area contributed by atoms with Gasteiger partial charge in [-0.05, 0) is 36.4 Å². The minimum absolute atomic E-state index is 0.0617. The van der Waals surface area contributed by atoms with Gasteiger partial charge in [-0.3, -0.25) is 4.79 Å². The van der Waals surface area contributed by atoms with Crippen LogP contribution in [-0.4, -0.2) is 22.9 Å². The number of nitrogen functional groups attached to an aromatic ring is 1. The maximum absolute atomic E-state index is 11.8. The van der Waals surface area contributed by atoms with Gasteiger partial charge in [0.2, 0.25) is 11.7 Å². The highest BCUT2D eigenvalue weighted by molar-refractivity contribution is 5.94. The van der Waals surface area contributed by atoms with E-state index in [4.69, 9.17) is 10.5 Å². The summed E-state index contributed by atoms with van der Waals surface area (Å²) in [5.74, 6) is 0.606. The lowest BCUT2D eigenvalue weighted by molar-refractivity contribution is 0.0952. The first-order valence-electron chi connectivity index (χ1n) is 6.69. The normalized spacial score (nSPS) is 10.4. The molecule has 0 fully saturated rings. The molecular weight excluding hydrogens is 280 g/mol. The zero-order valence-corrected chi connectivity index (χ0v) is 11.9. The van der Waals surface area contributed by atoms with Crippen molar-refractivity contribution in [3.05, 3.63) is 54.4 Å². The number of carbonyl (C=O) groups is 1. The van der Waals surface area contributed by atoms with Crippen LogP contribution in [0, 0.1) is 0 Å². The lowest BCUT2D eigenvalue weighted by Crippen LogP contribution is -2.21. The van der Waals surface area contributed by atoms with Gasteiger partial charge >= 0.3 is 0 Å². The summed E-state index contributed by atoms with van der Waals surface area (Å²) in [5, 5.41) is 3.24. The van der Waals surface area contributed by atoms with E-state index in [0.717, 1.165) is 5.39 Å². The monoisotopic (exact) mass is 294 g/mol. The van der Waals surface area contributed by atoms with E-state index in [2.05, 4.69) is 15.3 Å². The van der Waals surface area contributed by atoms with Crippen LogP contribution in [0.4, 0.5) is 5.69 Å². The average Bonchev–Trinajstić information content (AvgIpc) is 2.56. The Morgan fingerprint density at radius 1 is 1.09 bits per heavy atom. The number of nitrogens with one attached hydrogen (secondary N) is 1. The van der Waals surface area contributed by atoms with Gasteiger partial charge in [-0.25, -0.2) is 4.98 Å². The zero-order valence-electron chi connectivity index (χ0n) is 11.9. The summed E-state index contributed by atoms with van der Waals surface area (Å²) < 4.78 is 5.80. The van der Waals surface area contributed by atoms with E-state index >= 15 is 0 Å². The van der Waals surface area contributed by atoms with Gasteiger partial charge in [0.25, 0.3) is 5.91 Å². The van der Waals surface area contributed by atoms with Crippen molar-refractivity contribution in [2.45, 2.75) is 0 Å². The molecule has 0 aliphatic heterocycles. The van der Waals surface area contributed by atoms with Crippen LogP contribution in [-0.2, 0) is 0 Å². The Labute approximate surface area is 127 Å². The predicted molar refractivity (Wildman–Crippen MR) is 83.9 cm³/mol. The van der Waals surface area contributed by atoms with Crippen LogP contribution < -0.4 is 15.8 Å². The Kier molecular flexibility index (Phi) is 3.57. The highest BCUT2D eigenvalue weighted by Gasteiger charge is 2.14. The number of hydrogen-bond donors (Lipinski definition) is 2. The number of para-hydroxylation sites is 1. The van der Waals surface area contributed by atoms with Gasteiger partial charge in [0, 0.05) is 12.7 Å². The second kappa shape index (κ2) is 5.69. The maximum atomic E-state index is 11.8. The van der Waals surface area contributed by atoms with E-state index in [1.54, 1.807) is 30.3 Å². The molecule has 0 bridgehead atoms. The standard InChI is InChI=1S/C16H14N4O2/c1-18-15(21)14-19-13-5-3-2-4-12(13)16(20-14)22-11-8-6-10(17)7-9-11/h2-9H,17H2,1H3,(H,18,21). The molecule has 3 N–H and O–H groups in total. The average molecular weight is 294 g/mol. The van der Waals surface area contributed by atoms with Gasteiger partial charge in [-0.1, -0.05) is 12.1 Å². The molecule has 6 nitrogen and oxygen atoms in total. The summed E-state index contributed by atoms with van der Waals surface area (Å²) in [5.41, 5.74) is 6.94. The Morgan fingerprint density at radius 2 is 1.82 bits per heavy atom. The number of anilines is 1. The number of nitrogens with zero attached hydrogens (tertiary/aromatic N) is 2. The summed E-state index contributed by atoms with van der Waals surface area (Å²) >= 11 is 0. The second-order valence-electron chi connectivity index (χ2n) is 4.62. The molecule has 110 valence electrons. The number of amides is 1. The Balaban J connectivity index is 2.09. The Bertz CT molecular complexity index is 831. The fourth-order valence-electron chi connectivity index (χ4n) is 1.99. The van der Waals surface area contributed by atoms with Gasteiger partial charge in [0.15, 0.2) is 0 Å². The molecule has 0 saturated heterocycles. The van der Waals surface area contributed by atoms with Crippen LogP contribution in [0.15, 0.2) is 48.5 Å². The van der Waals surface area contributed by atoms with E-state index in [9.17, 15) is 4.79 Å². The van der Waals surface area contributed by atoms with E-state index in [-0.39, 0.29) is 11.7 Å². The summed E-state index contributed by atoms with van der Waals surface area (Å²) in [6.45, 7) is 0. The topological polar surface area (TPSA) is 90.1 Å². The molecular formula is C16H14N4O2. The molecule has 6 heteroatoms. The third kappa shape index (κ3) is 2.67. The van der Waals surface area contributed by atoms with Crippen LogP contribution >= 0.6 is 0 Å². The molecule has 3 aromatic rings. The third-order valence-corrected chi connectivity index (χ3v) is 3.09. The van der Waals surface area contributed by atoms with E-state index in [1.165, 1.54) is 7.05 Å². The van der Waals surface area contributed by atoms with E-state index in [1.807, 2.05) is 18.2 Å². The third-order valence-electron chi connectivity index (χ3n) is 3.09. The van der Waals surface area contributed by atoms with Gasteiger partial charge in [-0.2, -0.15) is 4.98 Å². The Morgan fingerprint density at radius 3 is 2.55 bits per heavy atom. The molecule has 1 aromatic heterocycles. The maximum Gasteiger partial charge on any atom is 0.288 e. The van der Waals surface area contributed by atoms with Crippen molar-refractivity contribution < 1.29 is 9.53 Å². The van der Waals surface area contributed by atoms with Crippen molar-refractivity contribution in [3.63, 3.8) is 0 Å². The first kappa shape index (κ1) is 13.8. The fraction of sp³-hybridized carbons (Fsp3) is 0.0625. The van der Waals surface area contributed by atoms with Crippen molar-refractivity contribution in [2.24, 2.45) is 0 Å². The second-order valence-corrected chi connectivity index (χ2v) is 4.62. The minimum Gasteiger partial charge on any atom is -0.438 e. The van der Waals surface area contributed by atoms with E-state index in [0.29, 0.717) is 22.8 Å². The largest absolute Gasteiger partial charge is 0.438 e. The number of benzene rings is 2. The summed E-state index contributed by atoms with van der Waals surface area (Å²) in [7, 11) is 1.53. The van der Waals surface area contributed by atoms with Crippen LogP contribution in [0.5, 0.6) is 11.6 Å². The van der Waals surface area contributed by atoms with Gasteiger partial charge in [-0.15, -0.1) is 0 Å². The van der Waals surface area contributed by atoms with Crippen LogP contribution in [0.3, 0.4) is 0 Å². The highest BCUT2D eigenvalue weighted by atomic mass is 16.5. The molecule has 0 aliphatic carbocycles. The molecule has 0 unspecified atom stereocenters. The number of fused-ring (bicyclic) bond motifs is 1. The highest BCUT2D eigenvalue weighted by Crippen LogP contribution is 2.27. The summed E-state index contributed by atoms with van der Waals surface area (Å²) in [4.78, 5) is 20.3.